The quantitative estimate of drug-likeness (QED) is 0.927. The average Bonchev–Trinajstić information content (AvgIpc) is 2.77. The average molecular weight is 309 g/mol. The summed E-state index contributed by atoms with van der Waals surface area (Å²) in [4.78, 5) is 4.22. The third-order valence-electron chi connectivity index (χ3n) is 2.47. The topological polar surface area (TPSA) is 56.9 Å². The van der Waals surface area contributed by atoms with Gasteiger partial charge in [0, 0.05) is 5.38 Å². The summed E-state index contributed by atoms with van der Waals surface area (Å²) >= 11 is 4.65. The van der Waals surface area contributed by atoms with Crippen molar-refractivity contribution < 1.29 is 5.11 Å². The van der Waals surface area contributed by atoms with Crippen LogP contribution < -0.4 is 0 Å². The van der Waals surface area contributed by atoms with E-state index in [2.05, 4.69) is 20.9 Å². The Hall–Kier alpha value is -1.22. The molecule has 17 heavy (non-hydrogen) atoms. The zero-order chi connectivity index (χ0) is 12.5. The van der Waals surface area contributed by atoms with Gasteiger partial charge in [-0.25, -0.2) is 4.98 Å². The van der Waals surface area contributed by atoms with E-state index in [1.165, 1.54) is 11.3 Å². The summed E-state index contributed by atoms with van der Waals surface area (Å²) in [5.74, 6) is 0. The monoisotopic (exact) mass is 308 g/mol. The molecule has 2 aromatic rings. The Morgan fingerprint density at radius 1 is 1.41 bits per heavy atom. The van der Waals surface area contributed by atoms with Crippen LogP contribution in [0.25, 0.3) is 0 Å². The number of rotatable bonds is 2. The normalized spacial score (nSPS) is 14.0. The minimum Gasteiger partial charge on any atom is -0.378 e. The van der Waals surface area contributed by atoms with Gasteiger partial charge in [-0.2, -0.15) is 5.26 Å². The lowest BCUT2D eigenvalue weighted by atomic mass is 9.96. The van der Waals surface area contributed by atoms with Crippen LogP contribution in [0.5, 0.6) is 0 Å². The van der Waals surface area contributed by atoms with E-state index in [1.54, 1.807) is 31.2 Å². The summed E-state index contributed by atoms with van der Waals surface area (Å²) in [5.41, 5.74) is 0.160. The van der Waals surface area contributed by atoms with Gasteiger partial charge in [0.1, 0.15) is 15.2 Å². The maximum absolute atomic E-state index is 10.5. The predicted molar refractivity (Wildman–Crippen MR) is 69.6 cm³/mol. The summed E-state index contributed by atoms with van der Waals surface area (Å²) in [6, 6.07) is 8.91. The van der Waals surface area contributed by atoms with Crippen LogP contribution in [0.4, 0.5) is 0 Å². The third kappa shape index (κ3) is 2.39. The van der Waals surface area contributed by atoms with Crippen molar-refractivity contribution >= 4 is 27.3 Å². The molecule has 0 saturated heterocycles. The lowest BCUT2D eigenvalue weighted by Crippen LogP contribution is -2.22. The molecule has 0 bridgehead atoms. The second-order valence-electron chi connectivity index (χ2n) is 3.74. The summed E-state index contributed by atoms with van der Waals surface area (Å²) < 4.78 is 0.714. The molecule has 1 heterocycles. The highest BCUT2D eigenvalue weighted by molar-refractivity contribution is 9.10. The molecule has 2 rings (SSSR count). The first-order valence-corrected chi connectivity index (χ1v) is 6.56. The number of aromatic nitrogens is 1. The van der Waals surface area contributed by atoms with Gasteiger partial charge in [0.15, 0.2) is 0 Å². The molecular weight excluding hydrogens is 300 g/mol. The number of nitriles is 1. The van der Waals surface area contributed by atoms with Gasteiger partial charge >= 0.3 is 0 Å². The number of nitrogens with zero attached hydrogens (tertiary/aromatic N) is 2. The molecule has 0 aliphatic rings. The first-order valence-electron chi connectivity index (χ1n) is 4.88. The van der Waals surface area contributed by atoms with Crippen LogP contribution in [0, 0.1) is 11.3 Å². The van der Waals surface area contributed by atoms with E-state index in [4.69, 9.17) is 5.26 Å². The van der Waals surface area contributed by atoms with E-state index < -0.39 is 5.60 Å². The molecule has 0 fully saturated rings. The lowest BCUT2D eigenvalue weighted by molar-refractivity contribution is 0.102. The van der Waals surface area contributed by atoms with Crippen LogP contribution >= 0.6 is 27.3 Å². The number of hydrogen-bond donors (Lipinski definition) is 1. The molecule has 86 valence electrons. The lowest BCUT2D eigenvalue weighted by Gasteiger charge is -2.21. The smallest absolute Gasteiger partial charge is 0.138 e. The molecule has 0 aliphatic carbocycles. The van der Waals surface area contributed by atoms with Crippen molar-refractivity contribution in [3.05, 3.63) is 50.4 Å². The van der Waals surface area contributed by atoms with Crippen LogP contribution in [-0.2, 0) is 5.60 Å². The fourth-order valence-electron chi connectivity index (χ4n) is 1.47. The van der Waals surface area contributed by atoms with Gasteiger partial charge in [-0.3, -0.25) is 0 Å². The minimum atomic E-state index is -1.13. The number of thiazole rings is 1. The molecule has 0 amide bonds. The van der Waals surface area contributed by atoms with Crippen molar-refractivity contribution in [3.8, 4) is 6.07 Å². The van der Waals surface area contributed by atoms with Gasteiger partial charge in [-0.15, -0.1) is 11.3 Å². The Kier molecular flexibility index (Phi) is 3.29. The minimum absolute atomic E-state index is 0.574. The summed E-state index contributed by atoms with van der Waals surface area (Å²) in [5, 5.41) is 21.6. The van der Waals surface area contributed by atoms with Gasteiger partial charge in [0.2, 0.25) is 0 Å². The van der Waals surface area contributed by atoms with Crippen LogP contribution in [0.2, 0.25) is 0 Å². The fraction of sp³-hybridized carbons (Fsp3) is 0.167. The molecule has 0 saturated carbocycles. The number of halogens is 1. The van der Waals surface area contributed by atoms with Crippen LogP contribution in [0.3, 0.4) is 0 Å². The van der Waals surface area contributed by atoms with Crippen molar-refractivity contribution in [2.75, 3.05) is 0 Å². The molecule has 1 aromatic heterocycles. The third-order valence-corrected chi connectivity index (χ3v) is 4.23. The van der Waals surface area contributed by atoms with Crippen molar-refractivity contribution in [2.45, 2.75) is 12.5 Å². The van der Waals surface area contributed by atoms with Gasteiger partial charge in [0.05, 0.1) is 11.6 Å². The molecule has 1 N–H and O–H groups in total. The van der Waals surface area contributed by atoms with E-state index in [0.29, 0.717) is 15.2 Å². The molecule has 1 aromatic carbocycles. The van der Waals surface area contributed by atoms with E-state index in [1.807, 2.05) is 11.4 Å². The first-order chi connectivity index (χ1) is 8.04. The summed E-state index contributed by atoms with van der Waals surface area (Å²) in [6.07, 6.45) is 0. The zero-order valence-electron chi connectivity index (χ0n) is 9.01. The molecule has 0 aliphatic heterocycles. The van der Waals surface area contributed by atoms with Crippen LogP contribution in [-0.4, -0.2) is 10.1 Å². The Balaban J connectivity index is 2.41. The Bertz CT molecular complexity index is 569. The maximum atomic E-state index is 10.5. The van der Waals surface area contributed by atoms with E-state index in [-0.39, 0.29) is 0 Å². The van der Waals surface area contributed by atoms with Crippen LogP contribution in [0.15, 0.2) is 34.2 Å². The SMILES string of the molecule is CC(O)(c1ccc(C#N)cc1)c1nc(Br)cs1. The molecule has 1 unspecified atom stereocenters. The summed E-state index contributed by atoms with van der Waals surface area (Å²) in [7, 11) is 0. The van der Waals surface area contributed by atoms with Crippen molar-refractivity contribution in [2.24, 2.45) is 0 Å². The highest BCUT2D eigenvalue weighted by atomic mass is 79.9. The number of benzene rings is 1. The van der Waals surface area contributed by atoms with Gasteiger partial charge < -0.3 is 5.11 Å². The second-order valence-corrected chi connectivity index (χ2v) is 5.41. The molecular formula is C12H9BrN2OS. The predicted octanol–water partition coefficient (Wildman–Crippen LogP) is 3.03. The molecule has 0 spiro atoms. The number of aliphatic hydroxyl groups is 1. The van der Waals surface area contributed by atoms with Crippen LogP contribution in [0.1, 0.15) is 23.1 Å². The first kappa shape index (κ1) is 12.2. The molecule has 3 nitrogen and oxygen atoms in total. The van der Waals surface area contributed by atoms with E-state index in [9.17, 15) is 5.11 Å². The van der Waals surface area contributed by atoms with E-state index in [0.717, 1.165) is 5.56 Å². The highest BCUT2D eigenvalue weighted by Crippen LogP contribution is 2.32. The zero-order valence-corrected chi connectivity index (χ0v) is 11.4. The molecule has 0 radical (unpaired) electrons. The van der Waals surface area contributed by atoms with Gasteiger partial charge in [-0.1, -0.05) is 12.1 Å². The molecule has 1 atom stereocenters. The second kappa shape index (κ2) is 4.57. The summed E-state index contributed by atoms with van der Waals surface area (Å²) in [6.45, 7) is 1.69. The van der Waals surface area contributed by atoms with Gasteiger partial charge in [0.25, 0.3) is 0 Å². The van der Waals surface area contributed by atoms with Gasteiger partial charge in [-0.05, 0) is 40.5 Å². The Morgan fingerprint density at radius 3 is 2.53 bits per heavy atom. The maximum Gasteiger partial charge on any atom is 0.138 e. The number of hydrogen-bond acceptors (Lipinski definition) is 4. The standard InChI is InChI=1S/C12H9BrN2OS/c1-12(16,11-15-10(13)7-17-11)9-4-2-8(6-14)3-5-9/h2-5,7,16H,1H3. The molecule has 5 heteroatoms. The Morgan fingerprint density at radius 2 is 2.06 bits per heavy atom. The van der Waals surface area contributed by atoms with Crippen molar-refractivity contribution in [1.82, 2.24) is 4.98 Å². The largest absolute Gasteiger partial charge is 0.378 e. The van der Waals surface area contributed by atoms with Crippen molar-refractivity contribution in [1.29, 1.82) is 5.26 Å². The highest BCUT2D eigenvalue weighted by Gasteiger charge is 2.28. The van der Waals surface area contributed by atoms with E-state index >= 15 is 0 Å². The van der Waals surface area contributed by atoms with Crippen molar-refractivity contribution in [3.63, 3.8) is 0 Å². The fourth-order valence-corrected chi connectivity index (χ4v) is 2.81. The Labute approximate surface area is 111 Å².